The molecule has 1 N–H and O–H groups in total. The Kier molecular flexibility index (Phi) is 3.06. The van der Waals surface area contributed by atoms with Gasteiger partial charge in [-0.25, -0.2) is 9.59 Å². The lowest BCUT2D eigenvalue weighted by Crippen LogP contribution is -2.53. The van der Waals surface area contributed by atoms with Gasteiger partial charge in [-0.2, -0.15) is 26.3 Å². The standard InChI is InChI=1S/C11H4F6O4/c12-9(13,10(14,20)11(15,16)17)4-1-2-5-6(3-4)8(19)21-7(5)18/h1-3,20H. The molecule has 1 atom stereocenters. The second-order valence-corrected chi connectivity index (χ2v) is 4.13. The van der Waals surface area contributed by atoms with Gasteiger partial charge in [0.1, 0.15) is 0 Å². The molecular weight excluding hydrogens is 310 g/mol. The highest BCUT2D eigenvalue weighted by molar-refractivity contribution is 6.14. The van der Waals surface area contributed by atoms with Crippen molar-refractivity contribution in [1.82, 2.24) is 0 Å². The predicted molar refractivity (Wildman–Crippen MR) is 52.2 cm³/mol. The fourth-order valence-electron chi connectivity index (χ4n) is 1.65. The molecule has 1 heterocycles. The summed E-state index contributed by atoms with van der Waals surface area (Å²) in [7, 11) is 0. The van der Waals surface area contributed by atoms with Gasteiger partial charge >= 0.3 is 29.9 Å². The molecule has 1 unspecified atom stereocenters. The maximum Gasteiger partial charge on any atom is 0.455 e. The number of benzene rings is 1. The maximum absolute atomic E-state index is 13.5. The van der Waals surface area contributed by atoms with Crippen LogP contribution in [0.3, 0.4) is 0 Å². The molecule has 0 spiro atoms. The van der Waals surface area contributed by atoms with Gasteiger partial charge < -0.3 is 9.84 Å². The van der Waals surface area contributed by atoms with Gasteiger partial charge in [0.15, 0.2) is 0 Å². The quantitative estimate of drug-likeness (QED) is 0.517. The van der Waals surface area contributed by atoms with Gasteiger partial charge in [0.2, 0.25) is 0 Å². The zero-order valence-electron chi connectivity index (χ0n) is 9.67. The van der Waals surface area contributed by atoms with E-state index in [1.807, 2.05) is 0 Å². The Morgan fingerprint density at radius 3 is 1.95 bits per heavy atom. The van der Waals surface area contributed by atoms with E-state index < -0.39 is 46.6 Å². The lowest BCUT2D eigenvalue weighted by molar-refractivity contribution is -0.390. The van der Waals surface area contributed by atoms with Crippen molar-refractivity contribution in [2.24, 2.45) is 0 Å². The molecule has 0 bridgehead atoms. The number of alkyl halides is 6. The van der Waals surface area contributed by atoms with Crippen LogP contribution in [0, 0.1) is 0 Å². The minimum Gasteiger partial charge on any atom is -0.386 e. The van der Waals surface area contributed by atoms with Crippen LogP contribution in [0.25, 0.3) is 0 Å². The summed E-state index contributed by atoms with van der Waals surface area (Å²) in [4.78, 5) is 22.2. The number of carbonyl (C=O) groups is 2. The third kappa shape index (κ3) is 2.06. The molecule has 2 rings (SSSR count). The Morgan fingerprint density at radius 2 is 1.43 bits per heavy atom. The number of rotatable bonds is 2. The van der Waals surface area contributed by atoms with Crippen LogP contribution in [-0.2, 0) is 10.7 Å². The van der Waals surface area contributed by atoms with Crippen LogP contribution in [0.15, 0.2) is 18.2 Å². The van der Waals surface area contributed by atoms with Crippen molar-refractivity contribution >= 4 is 11.9 Å². The number of carbonyl (C=O) groups excluding carboxylic acids is 2. The average molecular weight is 314 g/mol. The first-order valence-corrected chi connectivity index (χ1v) is 5.16. The number of hydrogen-bond acceptors (Lipinski definition) is 4. The zero-order chi connectivity index (χ0) is 16.2. The van der Waals surface area contributed by atoms with Gasteiger partial charge in [0.25, 0.3) is 0 Å². The minimum absolute atomic E-state index is 0.166. The van der Waals surface area contributed by atoms with Gasteiger partial charge in [-0.05, 0) is 12.1 Å². The SMILES string of the molecule is O=C1OC(=O)c2cc(C(F)(F)C(O)(F)C(F)(F)F)ccc21. The first-order valence-electron chi connectivity index (χ1n) is 5.16. The Balaban J connectivity index is 2.55. The molecule has 0 radical (unpaired) electrons. The monoisotopic (exact) mass is 314 g/mol. The summed E-state index contributed by atoms with van der Waals surface area (Å²) in [5, 5.41) is 8.47. The summed E-state index contributed by atoms with van der Waals surface area (Å²) < 4.78 is 80.7. The van der Waals surface area contributed by atoms with Crippen LogP contribution in [0.4, 0.5) is 26.3 Å². The first-order chi connectivity index (χ1) is 9.39. The van der Waals surface area contributed by atoms with E-state index >= 15 is 0 Å². The highest BCUT2D eigenvalue weighted by Gasteiger charge is 2.71. The maximum atomic E-state index is 13.5. The fraction of sp³-hybridized carbons (Fsp3) is 0.273. The molecule has 1 aromatic carbocycles. The van der Waals surface area contributed by atoms with E-state index in [4.69, 9.17) is 5.11 Å². The van der Waals surface area contributed by atoms with Crippen LogP contribution >= 0.6 is 0 Å². The summed E-state index contributed by atoms with van der Waals surface area (Å²) in [6.45, 7) is 0. The third-order valence-corrected chi connectivity index (χ3v) is 2.80. The largest absolute Gasteiger partial charge is 0.455 e. The predicted octanol–water partition coefficient (Wildman–Crippen LogP) is 2.31. The summed E-state index contributed by atoms with van der Waals surface area (Å²) >= 11 is 0. The average Bonchev–Trinajstić information content (AvgIpc) is 2.63. The topological polar surface area (TPSA) is 63.6 Å². The van der Waals surface area contributed by atoms with Crippen LogP contribution in [0.2, 0.25) is 0 Å². The minimum atomic E-state index is -6.27. The van der Waals surface area contributed by atoms with Crippen LogP contribution in [0.1, 0.15) is 26.3 Å². The van der Waals surface area contributed by atoms with Gasteiger partial charge in [-0.15, -0.1) is 0 Å². The van der Waals surface area contributed by atoms with Gasteiger partial charge in [-0.1, -0.05) is 6.07 Å². The molecule has 0 aromatic heterocycles. The zero-order valence-corrected chi connectivity index (χ0v) is 9.67. The van der Waals surface area contributed by atoms with E-state index in [2.05, 4.69) is 4.74 Å². The van der Waals surface area contributed by atoms with E-state index in [1.165, 1.54) is 0 Å². The molecule has 21 heavy (non-hydrogen) atoms. The van der Waals surface area contributed by atoms with Gasteiger partial charge in [0.05, 0.1) is 11.1 Å². The molecule has 0 saturated carbocycles. The summed E-state index contributed by atoms with van der Waals surface area (Å²) in [6, 6.07) is 1.03. The smallest absolute Gasteiger partial charge is 0.386 e. The van der Waals surface area contributed by atoms with Crippen LogP contribution < -0.4 is 0 Å². The van der Waals surface area contributed by atoms with Crippen molar-refractivity contribution in [3.8, 4) is 0 Å². The van der Waals surface area contributed by atoms with Crippen molar-refractivity contribution in [1.29, 1.82) is 0 Å². The van der Waals surface area contributed by atoms with Crippen molar-refractivity contribution in [2.75, 3.05) is 0 Å². The third-order valence-electron chi connectivity index (χ3n) is 2.80. The van der Waals surface area contributed by atoms with E-state index in [0.29, 0.717) is 6.07 Å². The van der Waals surface area contributed by atoms with Gasteiger partial charge in [0, 0.05) is 5.56 Å². The molecule has 114 valence electrons. The number of hydrogen-bond donors (Lipinski definition) is 1. The number of ether oxygens (including phenoxy) is 1. The van der Waals surface area contributed by atoms with Crippen molar-refractivity contribution in [2.45, 2.75) is 18.0 Å². The number of halogens is 6. The summed E-state index contributed by atoms with van der Waals surface area (Å²) in [6.07, 6.45) is -6.27. The van der Waals surface area contributed by atoms with Crippen LogP contribution in [-0.4, -0.2) is 29.1 Å². The molecule has 1 aliphatic rings. The first kappa shape index (κ1) is 15.3. The Bertz CT molecular complexity index is 634. The van der Waals surface area contributed by atoms with E-state index in [0.717, 1.165) is 0 Å². The Morgan fingerprint density at radius 1 is 0.905 bits per heavy atom. The molecule has 10 heteroatoms. The second kappa shape index (κ2) is 4.20. The van der Waals surface area contributed by atoms with Crippen molar-refractivity contribution < 1.29 is 45.8 Å². The summed E-state index contributed by atoms with van der Waals surface area (Å²) in [5.74, 6) is -13.8. The van der Waals surface area contributed by atoms with E-state index in [9.17, 15) is 35.9 Å². The lowest BCUT2D eigenvalue weighted by Gasteiger charge is -2.30. The molecule has 0 aliphatic carbocycles. The molecule has 0 amide bonds. The molecule has 4 nitrogen and oxygen atoms in total. The molecule has 1 aliphatic heterocycles. The highest BCUT2D eigenvalue weighted by atomic mass is 19.4. The van der Waals surface area contributed by atoms with Crippen molar-refractivity contribution in [3.05, 3.63) is 34.9 Å². The number of fused-ring (bicyclic) bond motifs is 1. The number of cyclic esters (lactones) is 2. The van der Waals surface area contributed by atoms with E-state index in [1.54, 1.807) is 0 Å². The number of aliphatic hydroxyl groups is 1. The second-order valence-electron chi connectivity index (χ2n) is 4.13. The normalized spacial score (nSPS) is 18.2. The lowest BCUT2D eigenvalue weighted by atomic mass is 9.96. The van der Waals surface area contributed by atoms with Gasteiger partial charge in [-0.3, -0.25) is 0 Å². The molecular formula is C11H4F6O4. The molecule has 1 aromatic rings. The fourth-order valence-corrected chi connectivity index (χ4v) is 1.65. The Hall–Kier alpha value is -2.10. The van der Waals surface area contributed by atoms with Crippen molar-refractivity contribution in [3.63, 3.8) is 0 Å². The Labute approximate surface area is 111 Å². The number of esters is 2. The highest BCUT2D eigenvalue weighted by Crippen LogP contribution is 2.49. The van der Waals surface area contributed by atoms with Crippen LogP contribution in [0.5, 0.6) is 0 Å². The van der Waals surface area contributed by atoms with E-state index in [-0.39, 0.29) is 12.1 Å². The molecule has 0 fully saturated rings. The summed E-state index contributed by atoms with van der Waals surface area (Å²) in [5.41, 5.74) is -2.82. The molecule has 0 saturated heterocycles.